The number of nitrogens with zero attached hydrogens (tertiary/aromatic N) is 2. The van der Waals surface area contributed by atoms with E-state index in [1.807, 2.05) is 0 Å². The van der Waals surface area contributed by atoms with Crippen LogP contribution in [0.4, 0.5) is 14.5 Å². The summed E-state index contributed by atoms with van der Waals surface area (Å²) in [7, 11) is 0. The summed E-state index contributed by atoms with van der Waals surface area (Å²) >= 11 is 0. The standard InChI is InChI=1S/C17H17F2N3O/c18-14-7-6-13(10-15(14)19)21-16-5-1-2-9-22(16)17(23)12-4-3-8-20-11-12/h3-4,6-8,10-11,16,21H,1-2,5,9H2. The van der Waals surface area contributed by atoms with Crippen molar-refractivity contribution in [3.8, 4) is 0 Å². The predicted octanol–water partition coefficient (Wildman–Crippen LogP) is 3.42. The molecular weight excluding hydrogens is 300 g/mol. The number of pyridine rings is 1. The Balaban J connectivity index is 1.78. The maximum Gasteiger partial charge on any atom is 0.257 e. The first-order valence-electron chi connectivity index (χ1n) is 7.58. The summed E-state index contributed by atoms with van der Waals surface area (Å²) in [4.78, 5) is 18.3. The number of rotatable bonds is 3. The van der Waals surface area contributed by atoms with E-state index in [9.17, 15) is 13.6 Å². The number of likely N-dealkylation sites (tertiary alicyclic amines) is 1. The second-order valence-electron chi connectivity index (χ2n) is 5.53. The second kappa shape index (κ2) is 6.73. The Morgan fingerprint density at radius 2 is 2.09 bits per heavy atom. The number of halogens is 2. The molecule has 1 aliphatic heterocycles. The molecule has 6 heteroatoms. The first-order chi connectivity index (χ1) is 11.1. The highest BCUT2D eigenvalue weighted by Crippen LogP contribution is 2.22. The van der Waals surface area contributed by atoms with Gasteiger partial charge >= 0.3 is 0 Å². The van der Waals surface area contributed by atoms with E-state index in [0.29, 0.717) is 17.8 Å². The zero-order chi connectivity index (χ0) is 16.2. The topological polar surface area (TPSA) is 45.2 Å². The monoisotopic (exact) mass is 317 g/mol. The summed E-state index contributed by atoms with van der Waals surface area (Å²) in [5.74, 6) is -1.91. The molecule has 2 heterocycles. The maximum atomic E-state index is 13.4. The van der Waals surface area contributed by atoms with Crippen LogP contribution in [0.1, 0.15) is 29.6 Å². The predicted molar refractivity (Wildman–Crippen MR) is 82.9 cm³/mol. The SMILES string of the molecule is O=C(c1cccnc1)N1CCCCC1Nc1ccc(F)c(F)c1. The molecule has 1 atom stereocenters. The minimum atomic E-state index is -0.907. The Morgan fingerprint density at radius 1 is 1.22 bits per heavy atom. The van der Waals surface area contributed by atoms with E-state index in [4.69, 9.17) is 0 Å². The molecule has 0 saturated carbocycles. The molecule has 23 heavy (non-hydrogen) atoms. The van der Waals surface area contributed by atoms with Crippen LogP contribution in [-0.4, -0.2) is 28.5 Å². The Labute approximate surface area is 133 Å². The normalized spacial score (nSPS) is 17.8. The Kier molecular flexibility index (Phi) is 4.50. The minimum absolute atomic E-state index is 0.113. The molecule has 1 saturated heterocycles. The number of carbonyl (C=O) groups is 1. The first-order valence-corrected chi connectivity index (χ1v) is 7.58. The van der Waals surface area contributed by atoms with Crippen LogP contribution in [0.5, 0.6) is 0 Å². The fraction of sp³-hybridized carbons (Fsp3) is 0.294. The van der Waals surface area contributed by atoms with E-state index in [1.165, 1.54) is 12.3 Å². The summed E-state index contributed by atoms with van der Waals surface area (Å²) in [6.07, 6.45) is 5.54. The van der Waals surface area contributed by atoms with Crippen molar-refractivity contribution in [2.45, 2.75) is 25.4 Å². The first kappa shape index (κ1) is 15.4. The summed E-state index contributed by atoms with van der Waals surface area (Å²) in [6.45, 7) is 0.620. The van der Waals surface area contributed by atoms with Crippen molar-refractivity contribution in [1.82, 2.24) is 9.88 Å². The van der Waals surface area contributed by atoms with Gasteiger partial charge in [0, 0.05) is 30.7 Å². The van der Waals surface area contributed by atoms with Crippen molar-refractivity contribution in [2.75, 3.05) is 11.9 Å². The fourth-order valence-corrected chi connectivity index (χ4v) is 2.76. The molecule has 0 aliphatic carbocycles. The highest BCUT2D eigenvalue weighted by Gasteiger charge is 2.27. The number of carbonyl (C=O) groups excluding carboxylic acids is 1. The quantitative estimate of drug-likeness (QED) is 0.943. The van der Waals surface area contributed by atoms with Gasteiger partial charge in [-0.3, -0.25) is 9.78 Å². The molecule has 3 rings (SSSR count). The third-order valence-electron chi connectivity index (χ3n) is 3.93. The molecule has 1 aromatic heterocycles. The van der Waals surface area contributed by atoms with Gasteiger partial charge in [-0.2, -0.15) is 0 Å². The summed E-state index contributed by atoms with van der Waals surface area (Å²) < 4.78 is 26.4. The summed E-state index contributed by atoms with van der Waals surface area (Å²) in [5, 5.41) is 3.13. The van der Waals surface area contributed by atoms with Crippen LogP contribution < -0.4 is 5.32 Å². The van der Waals surface area contributed by atoms with Crippen molar-refractivity contribution in [3.05, 3.63) is 59.9 Å². The van der Waals surface area contributed by atoms with E-state index in [-0.39, 0.29) is 12.1 Å². The smallest absolute Gasteiger partial charge is 0.257 e. The van der Waals surface area contributed by atoms with Gasteiger partial charge in [-0.15, -0.1) is 0 Å². The fourth-order valence-electron chi connectivity index (χ4n) is 2.76. The van der Waals surface area contributed by atoms with Crippen LogP contribution in [0.3, 0.4) is 0 Å². The van der Waals surface area contributed by atoms with Gasteiger partial charge in [-0.25, -0.2) is 8.78 Å². The van der Waals surface area contributed by atoms with Crippen LogP contribution in [0.25, 0.3) is 0 Å². The van der Waals surface area contributed by atoms with Crippen LogP contribution >= 0.6 is 0 Å². The maximum absolute atomic E-state index is 13.4. The summed E-state index contributed by atoms with van der Waals surface area (Å²) in [6, 6.07) is 7.09. The number of piperidine rings is 1. The van der Waals surface area contributed by atoms with Crippen molar-refractivity contribution >= 4 is 11.6 Å². The lowest BCUT2D eigenvalue weighted by molar-refractivity contribution is 0.0644. The molecular formula is C17H17F2N3O. The van der Waals surface area contributed by atoms with E-state index in [1.54, 1.807) is 23.2 Å². The molecule has 0 bridgehead atoms. The second-order valence-corrected chi connectivity index (χ2v) is 5.53. The van der Waals surface area contributed by atoms with Gasteiger partial charge in [-0.05, 0) is 43.5 Å². The zero-order valence-electron chi connectivity index (χ0n) is 12.5. The van der Waals surface area contributed by atoms with E-state index < -0.39 is 11.6 Å². The van der Waals surface area contributed by atoms with Crippen LogP contribution in [0.2, 0.25) is 0 Å². The third kappa shape index (κ3) is 3.47. The number of hydrogen-bond donors (Lipinski definition) is 1. The molecule has 2 aromatic rings. The van der Waals surface area contributed by atoms with Crippen molar-refractivity contribution in [1.29, 1.82) is 0 Å². The number of aromatic nitrogens is 1. The lowest BCUT2D eigenvalue weighted by atomic mass is 10.1. The number of amides is 1. The van der Waals surface area contributed by atoms with Gasteiger partial charge in [0.05, 0.1) is 5.56 Å². The van der Waals surface area contributed by atoms with Gasteiger partial charge < -0.3 is 10.2 Å². The van der Waals surface area contributed by atoms with E-state index in [2.05, 4.69) is 10.3 Å². The van der Waals surface area contributed by atoms with Gasteiger partial charge in [0.15, 0.2) is 11.6 Å². The van der Waals surface area contributed by atoms with Crippen molar-refractivity contribution in [3.63, 3.8) is 0 Å². The molecule has 1 N–H and O–H groups in total. The average Bonchev–Trinajstić information content (AvgIpc) is 2.59. The van der Waals surface area contributed by atoms with Gasteiger partial charge in [0.1, 0.15) is 6.17 Å². The van der Waals surface area contributed by atoms with Gasteiger partial charge in [0.25, 0.3) is 5.91 Å². The van der Waals surface area contributed by atoms with Crippen LogP contribution in [0, 0.1) is 11.6 Å². The molecule has 1 aliphatic rings. The molecule has 1 aromatic carbocycles. The molecule has 0 radical (unpaired) electrons. The van der Waals surface area contributed by atoms with Crippen molar-refractivity contribution in [2.24, 2.45) is 0 Å². The highest BCUT2D eigenvalue weighted by atomic mass is 19.2. The Morgan fingerprint density at radius 3 is 2.83 bits per heavy atom. The molecule has 1 unspecified atom stereocenters. The Bertz CT molecular complexity index is 693. The van der Waals surface area contributed by atoms with E-state index >= 15 is 0 Å². The molecule has 4 nitrogen and oxygen atoms in total. The highest BCUT2D eigenvalue weighted by molar-refractivity contribution is 5.94. The van der Waals surface area contributed by atoms with E-state index in [0.717, 1.165) is 31.4 Å². The average molecular weight is 317 g/mol. The molecule has 0 spiro atoms. The Hall–Kier alpha value is -2.50. The molecule has 1 amide bonds. The third-order valence-corrected chi connectivity index (χ3v) is 3.93. The number of benzene rings is 1. The van der Waals surface area contributed by atoms with Gasteiger partial charge in [0.2, 0.25) is 0 Å². The summed E-state index contributed by atoms with van der Waals surface area (Å²) in [5.41, 5.74) is 0.978. The largest absolute Gasteiger partial charge is 0.365 e. The zero-order valence-corrected chi connectivity index (χ0v) is 12.5. The van der Waals surface area contributed by atoms with Crippen LogP contribution in [0.15, 0.2) is 42.7 Å². The number of nitrogens with one attached hydrogen (secondary N) is 1. The molecule has 1 fully saturated rings. The van der Waals surface area contributed by atoms with Crippen molar-refractivity contribution < 1.29 is 13.6 Å². The lowest BCUT2D eigenvalue weighted by Crippen LogP contribution is -2.47. The molecule has 120 valence electrons. The number of anilines is 1. The van der Waals surface area contributed by atoms with Gasteiger partial charge in [-0.1, -0.05) is 0 Å². The van der Waals surface area contributed by atoms with Crippen LogP contribution in [-0.2, 0) is 0 Å². The minimum Gasteiger partial charge on any atom is -0.365 e. The number of hydrogen-bond acceptors (Lipinski definition) is 3. The lowest BCUT2D eigenvalue weighted by Gasteiger charge is -2.36.